The van der Waals surface area contributed by atoms with Gasteiger partial charge in [-0.2, -0.15) is 0 Å². The van der Waals surface area contributed by atoms with Gasteiger partial charge in [0.1, 0.15) is 0 Å². The maximum Gasteiger partial charge on any atom is 0.310 e. The predicted molar refractivity (Wildman–Crippen MR) is 52.0 cm³/mol. The predicted octanol–water partition coefficient (Wildman–Crippen LogP) is 1.91. The molecule has 1 aliphatic heterocycles. The molecule has 1 aliphatic carbocycles. The van der Waals surface area contributed by atoms with Crippen LogP contribution in [-0.4, -0.2) is 23.3 Å². The van der Waals surface area contributed by atoms with Crippen LogP contribution in [0, 0.1) is 17.3 Å². The van der Waals surface area contributed by atoms with Crippen LogP contribution in [0.3, 0.4) is 0 Å². The van der Waals surface area contributed by atoms with E-state index < -0.39 is 11.4 Å². The zero-order chi connectivity index (χ0) is 10.5. The van der Waals surface area contributed by atoms with Crippen molar-refractivity contribution < 1.29 is 14.6 Å². The highest BCUT2D eigenvalue weighted by Crippen LogP contribution is 2.52. The van der Waals surface area contributed by atoms with Crippen LogP contribution in [0.15, 0.2) is 0 Å². The Balaban J connectivity index is 2.23. The van der Waals surface area contributed by atoms with Gasteiger partial charge in [-0.3, -0.25) is 4.79 Å². The van der Waals surface area contributed by atoms with Crippen LogP contribution in [0.2, 0.25) is 0 Å². The van der Waals surface area contributed by atoms with Crippen LogP contribution in [0.1, 0.15) is 33.6 Å². The first kappa shape index (κ1) is 9.97. The molecule has 0 aromatic rings. The van der Waals surface area contributed by atoms with E-state index in [1.807, 2.05) is 13.8 Å². The quantitative estimate of drug-likeness (QED) is 0.689. The largest absolute Gasteiger partial charge is 0.481 e. The Kier molecular flexibility index (Phi) is 2.11. The van der Waals surface area contributed by atoms with E-state index in [1.54, 1.807) is 0 Å². The summed E-state index contributed by atoms with van der Waals surface area (Å²) >= 11 is 0. The molecule has 2 rings (SSSR count). The lowest BCUT2D eigenvalue weighted by Gasteiger charge is -2.37. The molecule has 0 spiro atoms. The SMILES string of the molecule is CC1CC(C(=O)O)(C(C)C)CC2OC12. The summed E-state index contributed by atoms with van der Waals surface area (Å²) in [5.74, 6) is -0.0619. The van der Waals surface area contributed by atoms with Crippen molar-refractivity contribution in [3.8, 4) is 0 Å². The van der Waals surface area contributed by atoms with Gasteiger partial charge >= 0.3 is 5.97 Å². The number of rotatable bonds is 2. The summed E-state index contributed by atoms with van der Waals surface area (Å²) in [5.41, 5.74) is -0.545. The van der Waals surface area contributed by atoms with E-state index >= 15 is 0 Å². The number of hydrogen-bond donors (Lipinski definition) is 1. The van der Waals surface area contributed by atoms with Gasteiger partial charge in [-0.25, -0.2) is 0 Å². The summed E-state index contributed by atoms with van der Waals surface area (Å²) in [6, 6.07) is 0. The Labute approximate surface area is 84.4 Å². The molecule has 0 aromatic heterocycles. The molecule has 1 saturated heterocycles. The van der Waals surface area contributed by atoms with Crippen molar-refractivity contribution in [2.75, 3.05) is 0 Å². The smallest absolute Gasteiger partial charge is 0.310 e. The molecule has 1 N–H and O–H groups in total. The van der Waals surface area contributed by atoms with E-state index in [-0.39, 0.29) is 12.0 Å². The van der Waals surface area contributed by atoms with Gasteiger partial charge in [0.15, 0.2) is 0 Å². The molecule has 0 radical (unpaired) electrons. The zero-order valence-electron chi connectivity index (χ0n) is 8.99. The molecule has 3 heteroatoms. The van der Waals surface area contributed by atoms with Crippen LogP contribution in [-0.2, 0) is 9.53 Å². The molecule has 2 fully saturated rings. The van der Waals surface area contributed by atoms with Crippen molar-refractivity contribution in [3.63, 3.8) is 0 Å². The number of carbonyl (C=O) groups is 1. The second-order valence-electron chi connectivity index (χ2n) is 5.14. The van der Waals surface area contributed by atoms with Gasteiger partial charge in [0.05, 0.1) is 17.6 Å². The molecule has 1 heterocycles. The molecule has 4 atom stereocenters. The fourth-order valence-electron chi connectivity index (χ4n) is 2.85. The summed E-state index contributed by atoms with van der Waals surface area (Å²) in [7, 11) is 0. The van der Waals surface area contributed by atoms with Crippen molar-refractivity contribution in [3.05, 3.63) is 0 Å². The Bertz CT molecular complexity index is 261. The van der Waals surface area contributed by atoms with Gasteiger partial charge < -0.3 is 9.84 Å². The Morgan fingerprint density at radius 2 is 2.14 bits per heavy atom. The number of carboxylic acids is 1. The highest BCUT2D eigenvalue weighted by Gasteiger charge is 2.58. The van der Waals surface area contributed by atoms with Gasteiger partial charge in [0.25, 0.3) is 0 Å². The number of ether oxygens (including phenoxy) is 1. The molecule has 0 amide bonds. The highest BCUT2D eigenvalue weighted by molar-refractivity contribution is 5.75. The van der Waals surface area contributed by atoms with Crippen LogP contribution < -0.4 is 0 Å². The molecule has 4 unspecified atom stereocenters. The van der Waals surface area contributed by atoms with Gasteiger partial charge in [-0.1, -0.05) is 20.8 Å². The summed E-state index contributed by atoms with van der Waals surface area (Å²) in [6.45, 7) is 6.11. The monoisotopic (exact) mass is 198 g/mol. The van der Waals surface area contributed by atoms with Gasteiger partial charge in [0, 0.05) is 0 Å². The number of aliphatic carboxylic acids is 1. The minimum absolute atomic E-state index is 0.188. The van der Waals surface area contributed by atoms with Crippen molar-refractivity contribution in [2.24, 2.45) is 17.3 Å². The van der Waals surface area contributed by atoms with Crippen LogP contribution >= 0.6 is 0 Å². The lowest BCUT2D eigenvalue weighted by molar-refractivity contribution is -0.155. The highest BCUT2D eigenvalue weighted by atomic mass is 16.6. The third-order valence-electron chi connectivity index (χ3n) is 3.97. The molecule has 3 nitrogen and oxygen atoms in total. The van der Waals surface area contributed by atoms with Gasteiger partial charge in [0.2, 0.25) is 0 Å². The second kappa shape index (κ2) is 2.96. The topological polar surface area (TPSA) is 49.8 Å². The van der Waals surface area contributed by atoms with Crippen molar-refractivity contribution in [1.82, 2.24) is 0 Å². The number of hydrogen-bond acceptors (Lipinski definition) is 2. The normalized spacial score (nSPS) is 46.1. The molecule has 80 valence electrons. The first-order valence-corrected chi connectivity index (χ1v) is 5.36. The number of epoxide rings is 1. The van der Waals surface area contributed by atoms with Gasteiger partial charge in [-0.05, 0) is 24.7 Å². The summed E-state index contributed by atoms with van der Waals surface area (Å²) in [6.07, 6.45) is 2.04. The molecule has 2 aliphatic rings. The van der Waals surface area contributed by atoms with Gasteiger partial charge in [-0.15, -0.1) is 0 Å². The Morgan fingerprint density at radius 1 is 1.50 bits per heavy atom. The summed E-state index contributed by atoms with van der Waals surface area (Å²) in [5, 5.41) is 9.36. The minimum atomic E-state index is -0.645. The lowest BCUT2D eigenvalue weighted by atomic mass is 9.64. The third kappa shape index (κ3) is 1.26. The maximum absolute atomic E-state index is 11.4. The third-order valence-corrected chi connectivity index (χ3v) is 3.97. The summed E-state index contributed by atoms with van der Waals surface area (Å²) in [4.78, 5) is 11.4. The number of fused-ring (bicyclic) bond motifs is 1. The molecule has 0 bridgehead atoms. The van der Waals surface area contributed by atoms with E-state index in [1.165, 1.54) is 0 Å². The first-order chi connectivity index (χ1) is 6.47. The molecule has 1 saturated carbocycles. The van der Waals surface area contributed by atoms with E-state index in [0.29, 0.717) is 18.4 Å². The number of carboxylic acid groups (broad SMARTS) is 1. The van der Waals surface area contributed by atoms with Crippen molar-refractivity contribution in [2.45, 2.75) is 45.8 Å². The fraction of sp³-hybridized carbons (Fsp3) is 0.909. The lowest BCUT2D eigenvalue weighted by Crippen LogP contribution is -2.43. The van der Waals surface area contributed by atoms with E-state index in [2.05, 4.69) is 6.92 Å². The van der Waals surface area contributed by atoms with Crippen LogP contribution in [0.25, 0.3) is 0 Å². The minimum Gasteiger partial charge on any atom is -0.481 e. The zero-order valence-corrected chi connectivity index (χ0v) is 8.99. The van der Waals surface area contributed by atoms with Crippen molar-refractivity contribution >= 4 is 5.97 Å². The van der Waals surface area contributed by atoms with Crippen LogP contribution in [0.4, 0.5) is 0 Å². The maximum atomic E-state index is 11.4. The Hall–Kier alpha value is -0.570. The van der Waals surface area contributed by atoms with E-state index in [4.69, 9.17) is 4.74 Å². The standard InChI is InChI=1S/C11H18O3/c1-6(2)11(10(12)13)4-7(3)9-8(5-11)14-9/h6-9H,4-5H2,1-3H3,(H,12,13). The fourth-order valence-corrected chi connectivity index (χ4v) is 2.85. The van der Waals surface area contributed by atoms with Crippen molar-refractivity contribution in [1.29, 1.82) is 0 Å². The second-order valence-corrected chi connectivity index (χ2v) is 5.14. The summed E-state index contributed by atoms with van der Waals surface area (Å²) < 4.78 is 5.48. The molecule has 0 aromatic carbocycles. The average molecular weight is 198 g/mol. The molecular weight excluding hydrogens is 180 g/mol. The first-order valence-electron chi connectivity index (χ1n) is 5.36. The average Bonchev–Trinajstić information content (AvgIpc) is 2.82. The van der Waals surface area contributed by atoms with Crippen LogP contribution in [0.5, 0.6) is 0 Å². The van der Waals surface area contributed by atoms with E-state index in [9.17, 15) is 9.90 Å². The Morgan fingerprint density at radius 3 is 2.57 bits per heavy atom. The van der Waals surface area contributed by atoms with E-state index in [0.717, 1.165) is 6.42 Å². The molecule has 14 heavy (non-hydrogen) atoms. The molecular formula is C11H18O3.